The minimum Gasteiger partial charge on any atom is -0.263 e. The average molecular weight is 387 g/mol. The van der Waals surface area contributed by atoms with E-state index >= 15 is 0 Å². The molecule has 0 radical (unpaired) electrons. The van der Waals surface area contributed by atoms with E-state index in [1.54, 1.807) is 31.2 Å². The molecule has 4 rings (SSSR count). The van der Waals surface area contributed by atoms with Crippen molar-refractivity contribution in [1.29, 1.82) is 0 Å². The molecule has 0 spiro atoms. The van der Waals surface area contributed by atoms with Gasteiger partial charge in [-0.15, -0.1) is 5.10 Å². The number of aromatic nitrogens is 4. The van der Waals surface area contributed by atoms with E-state index in [0.29, 0.717) is 29.8 Å². The van der Waals surface area contributed by atoms with Crippen LogP contribution in [0.3, 0.4) is 0 Å². The Hall–Kier alpha value is -2.81. The molecule has 0 amide bonds. The number of anilines is 1. The van der Waals surface area contributed by atoms with Crippen molar-refractivity contribution in [2.75, 3.05) is 4.31 Å². The van der Waals surface area contributed by atoms with Crippen LogP contribution < -0.4 is 4.31 Å². The van der Waals surface area contributed by atoms with E-state index < -0.39 is 10.0 Å². The van der Waals surface area contributed by atoms with Gasteiger partial charge in [-0.1, -0.05) is 0 Å². The Bertz CT molecular complexity index is 1100. The standard InChI is InChI=1S/C18H18FN5O2S/c1-12-9-16(6-8-17(12)23-11-20-21-22-23)27(25,26)24-13(2)3-4-14-10-15(19)5-7-18(14)24/h5-11,13H,3-4H2,1-2H3/t13-/m1/s1. The Balaban J connectivity index is 1.79. The predicted octanol–water partition coefficient (Wildman–Crippen LogP) is 2.64. The Morgan fingerprint density at radius 2 is 1.93 bits per heavy atom. The lowest BCUT2D eigenvalue weighted by Crippen LogP contribution is -2.42. The molecule has 0 saturated carbocycles. The number of rotatable bonds is 3. The van der Waals surface area contributed by atoms with E-state index in [-0.39, 0.29) is 16.8 Å². The molecule has 0 saturated heterocycles. The van der Waals surface area contributed by atoms with E-state index in [1.165, 1.54) is 27.4 Å². The van der Waals surface area contributed by atoms with Gasteiger partial charge in [0.05, 0.1) is 16.3 Å². The molecule has 27 heavy (non-hydrogen) atoms. The monoisotopic (exact) mass is 387 g/mol. The number of sulfonamides is 1. The summed E-state index contributed by atoms with van der Waals surface area (Å²) in [7, 11) is -3.80. The molecule has 140 valence electrons. The zero-order valence-corrected chi connectivity index (χ0v) is 15.7. The van der Waals surface area contributed by atoms with Gasteiger partial charge in [0.25, 0.3) is 10.0 Å². The second kappa shape index (κ2) is 6.41. The quantitative estimate of drug-likeness (QED) is 0.690. The predicted molar refractivity (Wildman–Crippen MR) is 97.7 cm³/mol. The smallest absolute Gasteiger partial charge is 0.263 e. The highest BCUT2D eigenvalue weighted by atomic mass is 32.2. The van der Waals surface area contributed by atoms with Crippen LogP contribution in [0.5, 0.6) is 0 Å². The van der Waals surface area contributed by atoms with E-state index in [1.807, 2.05) is 6.92 Å². The van der Waals surface area contributed by atoms with Gasteiger partial charge in [0.1, 0.15) is 12.1 Å². The van der Waals surface area contributed by atoms with Crippen molar-refractivity contribution < 1.29 is 12.8 Å². The second-order valence-electron chi connectivity index (χ2n) is 6.66. The summed E-state index contributed by atoms with van der Waals surface area (Å²) in [5.74, 6) is -0.359. The van der Waals surface area contributed by atoms with Gasteiger partial charge in [-0.2, -0.15) is 0 Å². The second-order valence-corrected chi connectivity index (χ2v) is 8.48. The van der Waals surface area contributed by atoms with Crippen LogP contribution in [0.15, 0.2) is 47.6 Å². The Morgan fingerprint density at radius 1 is 1.15 bits per heavy atom. The minimum atomic E-state index is -3.80. The molecule has 2 heterocycles. The lowest BCUT2D eigenvalue weighted by Gasteiger charge is -2.36. The summed E-state index contributed by atoms with van der Waals surface area (Å²) in [6, 6.07) is 8.87. The van der Waals surface area contributed by atoms with Crippen LogP contribution in [0.2, 0.25) is 0 Å². The Morgan fingerprint density at radius 3 is 2.63 bits per heavy atom. The fourth-order valence-corrected chi connectivity index (χ4v) is 5.29. The topological polar surface area (TPSA) is 81.0 Å². The van der Waals surface area contributed by atoms with Crippen molar-refractivity contribution in [2.45, 2.75) is 37.6 Å². The maximum Gasteiger partial charge on any atom is 0.264 e. The number of aryl methyl sites for hydroxylation is 2. The third-order valence-electron chi connectivity index (χ3n) is 4.83. The summed E-state index contributed by atoms with van der Waals surface area (Å²) in [6.45, 7) is 3.67. The molecule has 1 aliphatic heterocycles. The normalized spacial score (nSPS) is 17.0. The third-order valence-corrected chi connectivity index (χ3v) is 6.76. The Kier molecular flexibility index (Phi) is 4.18. The molecule has 0 N–H and O–H groups in total. The van der Waals surface area contributed by atoms with Crippen LogP contribution in [0.1, 0.15) is 24.5 Å². The summed E-state index contributed by atoms with van der Waals surface area (Å²) >= 11 is 0. The Labute approximate surface area is 156 Å². The van der Waals surface area contributed by atoms with E-state index in [0.717, 1.165) is 5.56 Å². The van der Waals surface area contributed by atoms with Gasteiger partial charge in [0, 0.05) is 6.04 Å². The number of hydrogen-bond acceptors (Lipinski definition) is 5. The zero-order valence-electron chi connectivity index (χ0n) is 14.9. The minimum absolute atomic E-state index is 0.181. The molecule has 7 nitrogen and oxygen atoms in total. The van der Waals surface area contributed by atoms with Crippen molar-refractivity contribution in [2.24, 2.45) is 0 Å². The van der Waals surface area contributed by atoms with E-state index in [2.05, 4.69) is 15.5 Å². The number of benzene rings is 2. The van der Waals surface area contributed by atoms with Gasteiger partial charge in [-0.25, -0.2) is 17.5 Å². The van der Waals surface area contributed by atoms with Crippen molar-refractivity contribution in [1.82, 2.24) is 20.2 Å². The highest BCUT2D eigenvalue weighted by Gasteiger charge is 2.34. The molecule has 2 aromatic carbocycles. The fourth-order valence-electron chi connectivity index (χ4n) is 3.49. The SMILES string of the molecule is Cc1cc(S(=O)(=O)N2c3ccc(F)cc3CC[C@H]2C)ccc1-n1cnnn1. The molecule has 9 heteroatoms. The van der Waals surface area contributed by atoms with E-state index in [9.17, 15) is 12.8 Å². The average Bonchev–Trinajstić information content (AvgIpc) is 3.15. The van der Waals surface area contributed by atoms with Crippen molar-refractivity contribution in [3.05, 3.63) is 59.7 Å². The van der Waals surface area contributed by atoms with Gasteiger partial charge >= 0.3 is 0 Å². The number of fused-ring (bicyclic) bond motifs is 1. The molecule has 1 atom stereocenters. The van der Waals surface area contributed by atoms with Crippen LogP contribution >= 0.6 is 0 Å². The summed E-state index contributed by atoms with van der Waals surface area (Å²) in [4.78, 5) is 0.181. The maximum atomic E-state index is 13.6. The van der Waals surface area contributed by atoms with Gasteiger partial charge in [-0.05, 0) is 84.6 Å². The molecule has 0 bridgehead atoms. The molecule has 1 aliphatic rings. The summed E-state index contributed by atoms with van der Waals surface area (Å²) < 4.78 is 43.2. The van der Waals surface area contributed by atoms with Gasteiger partial charge in [-0.3, -0.25) is 4.31 Å². The first-order valence-electron chi connectivity index (χ1n) is 8.55. The number of nitrogens with zero attached hydrogens (tertiary/aromatic N) is 5. The molecule has 0 aliphatic carbocycles. The van der Waals surface area contributed by atoms with Gasteiger partial charge < -0.3 is 0 Å². The highest BCUT2D eigenvalue weighted by molar-refractivity contribution is 7.92. The molecular formula is C18H18FN5O2S. The lowest BCUT2D eigenvalue weighted by molar-refractivity contribution is 0.560. The first kappa shape index (κ1) is 17.6. The van der Waals surface area contributed by atoms with Gasteiger partial charge in [0.15, 0.2) is 0 Å². The van der Waals surface area contributed by atoms with Crippen LogP contribution in [-0.4, -0.2) is 34.7 Å². The first-order valence-corrected chi connectivity index (χ1v) is 9.99. The first-order chi connectivity index (χ1) is 12.9. The van der Waals surface area contributed by atoms with Crippen LogP contribution in [0, 0.1) is 12.7 Å². The maximum absolute atomic E-state index is 13.6. The molecular weight excluding hydrogens is 369 g/mol. The van der Waals surface area contributed by atoms with Crippen molar-refractivity contribution in [3.63, 3.8) is 0 Å². The lowest BCUT2D eigenvalue weighted by atomic mass is 9.99. The van der Waals surface area contributed by atoms with Crippen LogP contribution in [0.4, 0.5) is 10.1 Å². The number of tetrazole rings is 1. The zero-order chi connectivity index (χ0) is 19.2. The highest BCUT2D eigenvalue weighted by Crippen LogP contribution is 2.36. The molecule has 0 fully saturated rings. The van der Waals surface area contributed by atoms with Gasteiger partial charge in [0.2, 0.25) is 0 Å². The summed E-state index contributed by atoms with van der Waals surface area (Å²) in [5, 5.41) is 11.0. The fraction of sp³-hybridized carbons (Fsp3) is 0.278. The summed E-state index contributed by atoms with van der Waals surface area (Å²) in [6.07, 6.45) is 2.74. The van der Waals surface area contributed by atoms with Crippen LogP contribution in [0.25, 0.3) is 5.69 Å². The number of halogens is 1. The molecule has 3 aromatic rings. The van der Waals surface area contributed by atoms with Crippen molar-refractivity contribution in [3.8, 4) is 5.69 Å². The largest absolute Gasteiger partial charge is 0.264 e. The molecule has 1 aromatic heterocycles. The van der Waals surface area contributed by atoms with Crippen molar-refractivity contribution >= 4 is 15.7 Å². The van der Waals surface area contributed by atoms with Crippen LogP contribution in [-0.2, 0) is 16.4 Å². The number of hydrogen-bond donors (Lipinski definition) is 0. The summed E-state index contributed by atoms with van der Waals surface area (Å²) in [5.41, 5.74) is 2.68. The third kappa shape index (κ3) is 2.97. The van der Waals surface area contributed by atoms with E-state index in [4.69, 9.17) is 0 Å². The molecule has 0 unspecified atom stereocenters.